The molecule has 0 bridgehead atoms. The topological polar surface area (TPSA) is 44.4 Å². The first kappa shape index (κ1) is 13.9. The second kappa shape index (κ2) is 5.80. The van der Waals surface area contributed by atoms with Crippen LogP contribution in [0.2, 0.25) is 0 Å². The van der Waals surface area contributed by atoms with Crippen molar-refractivity contribution in [2.75, 3.05) is 28.6 Å². The first-order valence-electron chi connectivity index (χ1n) is 8.04. The molecule has 0 aliphatic carbocycles. The predicted molar refractivity (Wildman–Crippen MR) is 94.6 cm³/mol. The molecule has 1 amide bonds. The average molecular weight is 305 g/mol. The minimum absolute atomic E-state index is 0.0626. The van der Waals surface area contributed by atoms with Crippen molar-refractivity contribution >= 4 is 28.5 Å². The first-order chi connectivity index (χ1) is 11.3. The van der Waals surface area contributed by atoms with Crippen LogP contribution in [0.4, 0.5) is 17.1 Å². The SMILES string of the molecule is O=C1Nc2ccccc2C1=CNc1ccc(N2CCCC2)cc1. The molecule has 2 heterocycles. The number of hydrogen-bond acceptors (Lipinski definition) is 3. The largest absolute Gasteiger partial charge is 0.372 e. The van der Waals surface area contributed by atoms with Gasteiger partial charge in [-0.3, -0.25) is 4.79 Å². The molecule has 0 saturated carbocycles. The van der Waals surface area contributed by atoms with E-state index in [4.69, 9.17) is 0 Å². The second-order valence-electron chi connectivity index (χ2n) is 5.94. The lowest BCUT2D eigenvalue weighted by Gasteiger charge is -2.17. The third-order valence-corrected chi connectivity index (χ3v) is 4.43. The van der Waals surface area contributed by atoms with Crippen molar-refractivity contribution in [1.82, 2.24) is 0 Å². The summed E-state index contributed by atoms with van der Waals surface area (Å²) in [6.45, 7) is 2.29. The molecule has 0 unspecified atom stereocenters. The van der Waals surface area contributed by atoms with Crippen molar-refractivity contribution in [3.8, 4) is 0 Å². The fourth-order valence-electron chi connectivity index (χ4n) is 3.18. The predicted octanol–water partition coefficient (Wildman–Crippen LogP) is 3.69. The van der Waals surface area contributed by atoms with E-state index in [1.165, 1.54) is 18.5 Å². The first-order valence-corrected chi connectivity index (χ1v) is 8.04. The standard InChI is InChI=1S/C19H19N3O/c23-19-17(16-5-1-2-6-18(16)21-19)13-20-14-7-9-15(10-8-14)22-11-3-4-12-22/h1-2,5-10,13,20H,3-4,11-12H2,(H,21,23). The lowest BCUT2D eigenvalue weighted by Crippen LogP contribution is -2.17. The van der Waals surface area contributed by atoms with Crippen LogP contribution in [0.5, 0.6) is 0 Å². The summed E-state index contributed by atoms with van der Waals surface area (Å²) < 4.78 is 0. The number of para-hydroxylation sites is 1. The number of nitrogens with zero attached hydrogens (tertiary/aromatic N) is 1. The molecule has 2 N–H and O–H groups in total. The quantitative estimate of drug-likeness (QED) is 0.850. The third kappa shape index (κ3) is 2.68. The minimum Gasteiger partial charge on any atom is -0.372 e. The van der Waals surface area contributed by atoms with Gasteiger partial charge in [0.25, 0.3) is 5.91 Å². The van der Waals surface area contributed by atoms with Gasteiger partial charge in [-0.15, -0.1) is 0 Å². The van der Waals surface area contributed by atoms with Gasteiger partial charge in [0.05, 0.1) is 5.57 Å². The zero-order chi connectivity index (χ0) is 15.6. The zero-order valence-electron chi connectivity index (χ0n) is 12.9. The molecule has 0 spiro atoms. The maximum absolute atomic E-state index is 12.1. The Hall–Kier alpha value is -2.75. The van der Waals surface area contributed by atoms with Crippen LogP contribution in [0.25, 0.3) is 5.57 Å². The third-order valence-electron chi connectivity index (χ3n) is 4.43. The lowest BCUT2D eigenvalue weighted by atomic mass is 10.1. The Morgan fingerprint density at radius 1 is 1.00 bits per heavy atom. The number of benzene rings is 2. The molecule has 0 radical (unpaired) electrons. The van der Waals surface area contributed by atoms with Gasteiger partial charge in [0.15, 0.2) is 0 Å². The Labute approximate surface area is 135 Å². The molecule has 2 aliphatic rings. The van der Waals surface area contributed by atoms with E-state index in [0.717, 1.165) is 30.0 Å². The van der Waals surface area contributed by atoms with E-state index in [-0.39, 0.29) is 5.91 Å². The van der Waals surface area contributed by atoms with Gasteiger partial charge in [-0.25, -0.2) is 0 Å². The normalized spacial score (nSPS) is 18.2. The van der Waals surface area contributed by atoms with Gasteiger partial charge in [-0.05, 0) is 43.2 Å². The fourth-order valence-corrected chi connectivity index (χ4v) is 3.18. The molecule has 2 aromatic rings. The molecule has 1 saturated heterocycles. The van der Waals surface area contributed by atoms with Crippen molar-refractivity contribution in [2.45, 2.75) is 12.8 Å². The monoisotopic (exact) mass is 305 g/mol. The summed E-state index contributed by atoms with van der Waals surface area (Å²) in [4.78, 5) is 14.5. The van der Waals surface area contributed by atoms with Gasteiger partial charge >= 0.3 is 0 Å². The highest BCUT2D eigenvalue weighted by Crippen LogP contribution is 2.31. The van der Waals surface area contributed by atoms with Crippen molar-refractivity contribution in [2.24, 2.45) is 0 Å². The molecule has 1 fully saturated rings. The highest BCUT2D eigenvalue weighted by molar-refractivity contribution is 6.31. The Kier molecular flexibility index (Phi) is 3.50. The Morgan fingerprint density at radius 3 is 2.52 bits per heavy atom. The molecule has 0 atom stereocenters. The summed E-state index contributed by atoms with van der Waals surface area (Å²) in [5.74, 6) is -0.0626. The van der Waals surface area contributed by atoms with Crippen LogP contribution < -0.4 is 15.5 Å². The van der Waals surface area contributed by atoms with E-state index in [9.17, 15) is 4.79 Å². The second-order valence-corrected chi connectivity index (χ2v) is 5.94. The van der Waals surface area contributed by atoms with Gasteiger partial charge in [0.1, 0.15) is 0 Å². The number of carbonyl (C=O) groups is 1. The summed E-state index contributed by atoms with van der Waals surface area (Å²) >= 11 is 0. The smallest absolute Gasteiger partial charge is 0.257 e. The molecule has 4 nitrogen and oxygen atoms in total. The van der Waals surface area contributed by atoms with E-state index >= 15 is 0 Å². The summed E-state index contributed by atoms with van der Waals surface area (Å²) in [5, 5.41) is 6.11. The molecule has 23 heavy (non-hydrogen) atoms. The molecule has 116 valence electrons. The molecule has 4 rings (SSSR count). The van der Waals surface area contributed by atoms with Crippen molar-refractivity contribution in [3.63, 3.8) is 0 Å². The highest BCUT2D eigenvalue weighted by atomic mass is 16.2. The van der Waals surface area contributed by atoms with Crippen LogP contribution in [0.15, 0.2) is 54.7 Å². The lowest BCUT2D eigenvalue weighted by molar-refractivity contribution is -0.110. The van der Waals surface area contributed by atoms with E-state index in [1.807, 2.05) is 24.3 Å². The van der Waals surface area contributed by atoms with Gasteiger partial charge in [-0.1, -0.05) is 18.2 Å². The molecule has 2 aromatic carbocycles. The molecular weight excluding hydrogens is 286 g/mol. The maximum Gasteiger partial charge on any atom is 0.257 e. The molecule has 4 heteroatoms. The Bertz CT molecular complexity index is 758. The van der Waals surface area contributed by atoms with Gasteiger partial charge in [0.2, 0.25) is 0 Å². The fraction of sp³-hybridized carbons (Fsp3) is 0.211. The van der Waals surface area contributed by atoms with Crippen LogP contribution in [-0.4, -0.2) is 19.0 Å². The molecular formula is C19H19N3O. The Balaban J connectivity index is 1.51. The van der Waals surface area contributed by atoms with Crippen LogP contribution in [0.1, 0.15) is 18.4 Å². The number of anilines is 3. The van der Waals surface area contributed by atoms with E-state index in [1.54, 1.807) is 6.20 Å². The number of amides is 1. The summed E-state index contributed by atoms with van der Waals surface area (Å²) in [6, 6.07) is 16.1. The number of nitrogens with one attached hydrogen (secondary N) is 2. The van der Waals surface area contributed by atoms with Crippen LogP contribution in [-0.2, 0) is 4.79 Å². The average Bonchev–Trinajstić information content (AvgIpc) is 3.21. The molecule has 0 aromatic heterocycles. The minimum atomic E-state index is -0.0626. The van der Waals surface area contributed by atoms with E-state index in [0.29, 0.717) is 5.57 Å². The van der Waals surface area contributed by atoms with E-state index < -0.39 is 0 Å². The molecule has 2 aliphatic heterocycles. The summed E-state index contributed by atoms with van der Waals surface area (Å²) in [6.07, 6.45) is 4.34. The summed E-state index contributed by atoms with van der Waals surface area (Å²) in [5.41, 5.74) is 4.74. The maximum atomic E-state index is 12.1. The van der Waals surface area contributed by atoms with E-state index in [2.05, 4.69) is 39.8 Å². The van der Waals surface area contributed by atoms with Crippen molar-refractivity contribution < 1.29 is 4.79 Å². The highest BCUT2D eigenvalue weighted by Gasteiger charge is 2.23. The van der Waals surface area contributed by atoms with Crippen LogP contribution >= 0.6 is 0 Å². The van der Waals surface area contributed by atoms with Gasteiger partial charge < -0.3 is 15.5 Å². The zero-order valence-corrected chi connectivity index (χ0v) is 12.9. The Morgan fingerprint density at radius 2 is 1.74 bits per heavy atom. The number of hydrogen-bond donors (Lipinski definition) is 2. The van der Waals surface area contributed by atoms with Gasteiger partial charge in [-0.2, -0.15) is 0 Å². The van der Waals surface area contributed by atoms with Gasteiger partial charge in [0, 0.05) is 41.9 Å². The number of carbonyl (C=O) groups excluding carboxylic acids is 1. The van der Waals surface area contributed by atoms with Crippen molar-refractivity contribution in [3.05, 3.63) is 60.3 Å². The number of rotatable bonds is 3. The van der Waals surface area contributed by atoms with Crippen LogP contribution in [0, 0.1) is 0 Å². The van der Waals surface area contributed by atoms with Crippen molar-refractivity contribution in [1.29, 1.82) is 0 Å². The number of fused-ring (bicyclic) bond motifs is 1. The van der Waals surface area contributed by atoms with Crippen LogP contribution in [0.3, 0.4) is 0 Å². The summed E-state index contributed by atoms with van der Waals surface area (Å²) in [7, 11) is 0.